The van der Waals surface area contributed by atoms with E-state index >= 15 is 0 Å². The lowest BCUT2D eigenvalue weighted by atomic mass is 10.2. The number of aliphatic hydroxyl groups is 1. The topological polar surface area (TPSA) is 53.0 Å². The van der Waals surface area contributed by atoms with Gasteiger partial charge in [0.05, 0.1) is 6.61 Å². The van der Waals surface area contributed by atoms with Crippen LogP contribution < -0.4 is 0 Å². The Labute approximate surface area is 121 Å². The fraction of sp³-hybridized carbons (Fsp3) is 0.933. The van der Waals surface area contributed by atoms with Gasteiger partial charge in [0.1, 0.15) is 5.60 Å². The second-order valence-corrected chi connectivity index (χ2v) is 6.92. The van der Waals surface area contributed by atoms with Crippen molar-refractivity contribution in [3.8, 4) is 0 Å². The van der Waals surface area contributed by atoms with Crippen LogP contribution in [-0.4, -0.2) is 64.9 Å². The summed E-state index contributed by atoms with van der Waals surface area (Å²) in [5, 5.41) is 9.12. The van der Waals surface area contributed by atoms with Crippen molar-refractivity contribution in [2.24, 2.45) is 0 Å². The van der Waals surface area contributed by atoms with Gasteiger partial charge in [-0.25, -0.2) is 4.79 Å². The number of nitrogens with zero attached hydrogens (tertiary/aromatic N) is 2. The molecule has 1 N–H and O–H groups in total. The van der Waals surface area contributed by atoms with Crippen molar-refractivity contribution in [1.82, 2.24) is 9.80 Å². The molecule has 0 radical (unpaired) electrons. The van der Waals surface area contributed by atoms with E-state index < -0.39 is 5.60 Å². The molecule has 0 spiro atoms. The Kier molecular flexibility index (Phi) is 4.91. The second-order valence-electron chi connectivity index (χ2n) is 6.92. The van der Waals surface area contributed by atoms with Gasteiger partial charge in [-0.1, -0.05) is 0 Å². The Morgan fingerprint density at radius 1 is 1.35 bits per heavy atom. The molecule has 1 aliphatic heterocycles. The minimum Gasteiger partial charge on any atom is -0.444 e. The van der Waals surface area contributed by atoms with Crippen molar-refractivity contribution < 1.29 is 14.6 Å². The lowest BCUT2D eigenvalue weighted by molar-refractivity contribution is 0.0182. The first-order chi connectivity index (χ1) is 9.40. The van der Waals surface area contributed by atoms with Crippen LogP contribution in [-0.2, 0) is 4.74 Å². The third-order valence-corrected chi connectivity index (χ3v) is 3.91. The summed E-state index contributed by atoms with van der Waals surface area (Å²) in [6.07, 6.45) is 4.25. The number of likely N-dealkylation sites (tertiary alicyclic amines) is 1. The predicted molar refractivity (Wildman–Crippen MR) is 77.6 cm³/mol. The summed E-state index contributed by atoms with van der Waals surface area (Å²) < 4.78 is 5.53. The van der Waals surface area contributed by atoms with Crippen LogP contribution in [0.5, 0.6) is 0 Å². The van der Waals surface area contributed by atoms with Crippen LogP contribution in [0.4, 0.5) is 4.79 Å². The van der Waals surface area contributed by atoms with Gasteiger partial charge in [-0.2, -0.15) is 0 Å². The van der Waals surface area contributed by atoms with Crippen LogP contribution >= 0.6 is 0 Å². The minimum absolute atomic E-state index is 0.184. The molecule has 0 aromatic rings. The lowest BCUT2D eigenvalue weighted by Gasteiger charge is -2.32. The van der Waals surface area contributed by atoms with Gasteiger partial charge in [0, 0.05) is 25.2 Å². The normalized spacial score (nSPS) is 23.9. The summed E-state index contributed by atoms with van der Waals surface area (Å²) in [6, 6.07) is 0.733. The van der Waals surface area contributed by atoms with E-state index in [1.165, 1.54) is 0 Å². The third kappa shape index (κ3) is 4.35. The maximum absolute atomic E-state index is 12.3. The predicted octanol–water partition coefficient (Wildman–Crippen LogP) is 1.84. The molecule has 1 heterocycles. The monoisotopic (exact) mass is 284 g/mol. The minimum atomic E-state index is -0.440. The van der Waals surface area contributed by atoms with Crippen molar-refractivity contribution in [1.29, 1.82) is 0 Å². The average Bonchev–Trinajstić information content (AvgIpc) is 3.07. The molecule has 2 rings (SSSR count). The largest absolute Gasteiger partial charge is 0.444 e. The number of rotatable bonds is 5. The first-order valence-corrected chi connectivity index (χ1v) is 7.75. The summed E-state index contributed by atoms with van der Waals surface area (Å²) >= 11 is 0. The van der Waals surface area contributed by atoms with Crippen molar-refractivity contribution in [2.75, 3.05) is 26.2 Å². The van der Waals surface area contributed by atoms with Crippen molar-refractivity contribution >= 4 is 6.09 Å². The van der Waals surface area contributed by atoms with Gasteiger partial charge in [0.15, 0.2) is 0 Å². The molecule has 5 nitrogen and oxygen atoms in total. The maximum Gasteiger partial charge on any atom is 0.410 e. The number of aliphatic hydroxyl groups excluding tert-OH is 1. The van der Waals surface area contributed by atoms with Crippen molar-refractivity contribution in [2.45, 2.75) is 64.1 Å². The number of hydrogen-bond acceptors (Lipinski definition) is 4. The maximum atomic E-state index is 12.3. The Morgan fingerprint density at radius 2 is 2.05 bits per heavy atom. The molecule has 1 atom stereocenters. The van der Waals surface area contributed by atoms with Crippen LogP contribution in [0.2, 0.25) is 0 Å². The molecular formula is C15H28N2O3. The number of β-amino-alcohol motifs (C(OH)–C–C–N with tert-alkyl or cyclic N) is 1. The zero-order valence-corrected chi connectivity index (χ0v) is 13.0. The van der Waals surface area contributed by atoms with E-state index in [0.717, 1.165) is 38.8 Å². The van der Waals surface area contributed by atoms with Gasteiger partial charge in [0.2, 0.25) is 0 Å². The summed E-state index contributed by atoms with van der Waals surface area (Å²) in [7, 11) is 0. The van der Waals surface area contributed by atoms with Gasteiger partial charge in [-0.05, 0) is 53.0 Å². The molecule has 5 heteroatoms. The molecule has 1 amide bonds. The van der Waals surface area contributed by atoms with E-state index in [9.17, 15) is 4.79 Å². The van der Waals surface area contributed by atoms with Crippen LogP contribution in [0.3, 0.4) is 0 Å². The summed E-state index contributed by atoms with van der Waals surface area (Å²) in [6.45, 7) is 8.37. The molecule has 0 aromatic heterocycles. The number of carbonyl (C=O) groups is 1. The zero-order chi connectivity index (χ0) is 14.8. The third-order valence-electron chi connectivity index (χ3n) is 3.91. The van der Waals surface area contributed by atoms with E-state index in [2.05, 4.69) is 4.90 Å². The van der Waals surface area contributed by atoms with Crippen LogP contribution in [0.15, 0.2) is 0 Å². The second kappa shape index (κ2) is 6.31. The Morgan fingerprint density at radius 3 is 2.60 bits per heavy atom. The highest BCUT2D eigenvalue weighted by Gasteiger charge is 2.38. The van der Waals surface area contributed by atoms with E-state index in [1.807, 2.05) is 25.7 Å². The van der Waals surface area contributed by atoms with Crippen LogP contribution in [0.25, 0.3) is 0 Å². The van der Waals surface area contributed by atoms with E-state index in [4.69, 9.17) is 9.84 Å². The van der Waals surface area contributed by atoms with Gasteiger partial charge >= 0.3 is 6.09 Å². The molecule has 2 fully saturated rings. The highest BCUT2D eigenvalue weighted by molar-refractivity contribution is 5.69. The molecular weight excluding hydrogens is 256 g/mol. The Bertz CT molecular complexity index is 337. The SMILES string of the molecule is CC(C)(C)OC(=O)N(CC1CCCN1CCO)C1CC1. The lowest BCUT2D eigenvalue weighted by Crippen LogP contribution is -2.46. The standard InChI is InChI=1S/C15H28N2O3/c1-15(2,3)20-14(19)17(12-6-7-12)11-13-5-4-8-16(13)9-10-18/h12-13,18H,4-11H2,1-3H3. The fourth-order valence-electron chi connectivity index (χ4n) is 2.83. The van der Waals surface area contributed by atoms with Crippen molar-refractivity contribution in [3.63, 3.8) is 0 Å². The highest BCUT2D eigenvalue weighted by Crippen LogP contribution is 2.30. The van der Waals surface area contributed by atoms with Gasteiger partial charge in [0.25, 0.3) is 0 Å². The van der Waals surface area contributed by atoms with E-state index in [1.54, 1.807) is 0 Å². The first kappa shape index (κ1) is 15.6. The zero-order valence-electron chi connectivity index (χ0n) is 13.0. The number of carbonyl (C=O) groups excluding carboxylic acids is 1. The molecule has 1 aliphatic carbocycles. The van der Waals surface area contributed by atoms with Gasteiger partial charge in [-0.15, -0.1) is 0 Å². The number of hydrogen-bond donors (Lipinski definition) is 1. The molecule has 1 saturated heterocycles. The quantitative estimate of drug-likeness (QED) is 0.837. The summed E-state index contributed by atoms with van der Waals surface area (Å²) in [5.74, 6) is 0. The van der Waals surface area contributed by atoms with Gasteiger partial charge < -0.3 is 14.7 Å². The van der Waals surface area contributed by atoms with E-state index in [0.29, 0.717) is 18.6 Å². The highest BCUT2D eigenvalue weighted by atomic mass is 16.6. The fourth-order valence-corrected chi connectivity index (χ4v) is 2.83. The van der Waals surface area contributed by atoms with E-state index in [-0.39, 0.29) is 12.7 Å². The molecule has 0 bridgehead atoms. The van der Waals surface area contributed by atoms with Crippen LogP contribution in [0.1, 0.15) is 46.5 Å². The molecule has 0 aromatic carbocycles. The molecule has 1 unspecified atom stereocenters. The summed E-state index contributed by atoms with van der Waals surface area (Å²) in [4.78, 5) is 16.5. The Balaban J connectivity index is 1.93. The summed E-state index contributed by atoms with van der Waals surface area (Å²) in [5.41, 5.74) is -0.440. The van der Waals surface area contributed by atoms with Gasteiger partial charge in [-0.3, -0.25) is 4.90 Å². The number of amides is 1. The molecule has 2 aliphatic rings. The van der Waals surface area contributed by atoms with Crippen molar-refractivity contribution in [3.05, 3.63) is 0 Å². The van der Waals surface area contributed by atoms with Crippen LogP contribution in [0, 0.1) is 0 Å². The molecule has 20 heavy (non-hydrogen) atoms. The smallest absolute Gasteiger partial charge is 0.410 e. The number of ether oxygens (including phenoxy) is 1. The molecule has 1 saturated carbocycles. The Hall–Kier alpha value is -0.810. The molecule has 116 valence electrons. The average molecular weight is 284 g/mol. The first-order valence-electron chi connectivity index (χ1n) is 7.75.